The monoisotopic (exact) mass is 141 g/mol. The van der Waals surface area contributed by atoms with Gasteiger partial charge in [0.1, 0.15) is 0 Å². The molecular weight excluding hydrogens is 136 g/mol. The van der Waals surface area contributed by atoms with Gasteiger partial charge in [0.15, 0.2) is 0 Å². The van der Waals surface area contributed by atoms with E-state index in [1.165, 1.54) is 5.48 Å². The van der Waals surface area contributed by atoms with Gasteiger partial charge in [0, 0.05) is 0 Å². The highest BCUT2D eigenvalue weighted by atomic mass is 19.3. The maximum absolute atomic E-state index is 11.4. The lowest BCUT2D eigenvalue weighted by Crippen LogP contribution is -2.39. The fraction of sp³-hybridized carbons (Fsp3) is 0.667. The van der Waals surface area contributed by atoms with Gasteiger partial charge in [-0.05, 0) is 0 Å². The van der Waals surface area contributed by atoms with E-state index in [0.29, 0.717) is 0 Å². The summed E-state index contributed by atoms with van der Waals surface area (Å²) in [7, 11) is 0.976. The van der Waals surface area contributed by atoms with Gasteiger partial charge in [0.05, 0.1) is 7.11 Å². The summed E-state index contributed by atoms with van der Waals surface area (Å²) < 4.78 is 22.7. The zero-order valence-electron chi connectivity index (χ0n) is 4.52. The average molecular weight is 141 g/mol. The van der Waals surface area contributed by atoms with Crippen LogP contribution in [0.3, 0.4) is 0 Å². The molecule has 4 nitrogen and oxygen atoms in total. The number of hydrogen-bond donors (Lipinski definition) is 2. The van der Waals surface area contributed by atoms with Crippen molar-refractivity contribution in [1.29, 1.82) is 0 Å². The lowest BCUT2D eigenvalue weighted by atomic mass is 10.6. The van der Waals surface area contributed by atoms with Crippen LogP contribution in [0.5, 0.6) is 0 Å². The van der Waals surface area contributed by atoms with E-state index in [1.54, 1.807) is 0 Å². The summed E-state index contributed by atoms with van der Waals surface area (Å²) in [5.74, 6) is -1.88. The first-order valence-electron chi connectivity index (χ1n) is 1.92. The Morgan fingerprint density at radius 2 is 2.22 bits per heavy atom. The Labute approximate surface area is 49.4 Å². The molecule has 0 aliphatic rings. The molecule has 0 aromatic heterocycles. The predicted molar refractivity (Wildman–Crippen MR) is 22.3 cm³/mol. The fourth-order valence-electron chi connectivity index (χ4n) is 0.154. The molecule has 0 unspecified atom stereocenters. The van der Waals surface area contributed by atoms with Gasteiger partial charge in [-0.25, -0.2) is 5.48 Å². The summed E-state index contributed by atoms with van der Waals surface area (Å²) in [5, 5.41) is 7.59. The number of carbonyl (C=O) groups excluding carboxylic acids is 1. The maximum atomic E-state index is 11.4. The fourth-order valence-corrected chi connectivity index (χ4v) is 0.154. The number of rotatable bonds is 2. The summed E-state index contributed by atoms with van der Waals surface area (Å²) in [6.45, 7) is 0. The molecule has 9 heavy (non-hydrogen) atoms. The zero-order chi connectivity index (χ0) is 7.49. The Morgan fingerprint density at radius 3 is 2.33 bits per heavy atom. The van der Waals surface area contributed by atoms with Gasteiger partial charge in [-0.1, -0.05) is 0 Å². The molecule has 0 bridgehead atoms. The Bertz CT molecular complexity index is 110. The van der Waals surface area contributed by atoms with E-state index in [4.69, 9.17) is 5.11 Å². The smallest absolute Gasteiger partial charge is 0.328 e. The number of amides is 1. The van der Waals surface area contributed by atoms with Crippen LogP contribution in [0.4, 0.5) is 8.78 Å². The van der Waals surface area contributed by atoms with Crippen molar-refractivity contribution in [3.63, 3.8) is 0 Å². The first kappa shape index (κ1) is 8.25. The minimum atomic E-state index is -4.37. The molecule has 0 saturated heterocycles. The molecule has 0 radical (unpaired) electrons. The van der Waals surface area contributed by atoms with Crippen LogP contribution < -0.4 is 5.48 Å². The Balaban J connectivity index is 3.74. The molecule has 0 fully saturated rings. The third-order valence-electron chi connectivity index (χ3n) is 0.468. The SMILES string of the molecule is CONC(=O)C(O)(F)F. The quantitative estimate of drug-likeness (QED) is 0.497. The van der Waals surface area contributed by atoms with Crippen molar-refractivity contribution >= 4 is 5.91 Å². The molecule has 0 aromatic carbocycles. The molecule has 54 valence electrons. The predicted octanol–water partition coefficient (Wildman–Crippen LogP) is -0.751. The van der Waals surface area contributed by atoms with Crippen LogP contribution in [0.1, 0.15) is 0 Å². The van der Waals surface area contributed by atoms with Crippen molar-refractivity contribution in [3.8, 4) is 0 Å². The first-order valence-corrected chi connectivity index (χ1v) is 1.92. The number of aliphatic hydroxyl groups is 1. The lowest BCUT2D eigenvalue weighted by Gasteiger charge is -2.05. The Morgan fingerprint density at radius 1 is 1.78 bits per heavy atom. The summed E-state index contributed by atoms with van der Waals surface area (Å²) in [4.78, 5) is 13.6. The van der Waals surface area contributed by atoms with Crippen LogP contribution in [0.2, 0.25) is 0 Å². The number of hydroxylamine groups is 1. The molecular formula is C3H5F2NO3. The highest BCUT2D eigenvalue weighted by Crippen LogP contribution is 2.06. The Hall–Kier alpha value is -0.750. The van der Waals surface area contributed by atoms with Gasteiger partial charge in [-0.3, -0.25) is 9.63 Å². The van der Waals surface area contributed by atoms with E-state index < -0.39 is 12.0 Å². The topological polar surface area (TPSA) is 58.6 Å². The summed E-state index contributed by atoms with van der Waals surface area (Å²) >= 11 is 0. The van der Waals surface area contributed by atoms with Crippen molar-refractivity contribution in [3.05, 3.63) is 0 Å². The normalized spacial score (nSPS) is 11.1. The van der Waals surface area contributed by atoms with Crippen molar-refractivity contribution in [2.24, 2.45) is 0 Å². The minimum Gasteiger partial charge on any atom is -0.328 e. The van der Waals surface area contributed by atoms with Gasteiger partial charge in [0.25, 0.3) is 0 Å². The van der Waals surface area contributed by atoms with Crippen LogP contribution in [0.15, 0.2) is 0 Å². The van der Waals surface area contributed by atoms with Crippen molar-refractivity contribution < 1.29 is 23.5 Å². The highest BCUT2D eigenvalue weighted by Gasteiger charge is 2.35. The average Bonchev–Trinajstić information content (AvgIpc) is 1.64. The minimum absolute atomic E-state index is 0.976. The second-order valence-corrected chi connectivity index (χ2v) is 1.18. The number of halogens is 2. The van der Waals surface area contributed by atoms with E-state index >= 15 is 0 Å². The molecule has 0 aliphatic carbocycles. The summed E-state index contributed by atoms with van der Waals surface area (Å²) in [6, 6.07) is 0. The standard InChI is InChI=1S/C3H5F2NO3/c1-9-6-2(7)3(4,5)8/h8H,1H3,(H,6,7). The molecule has 0 saturated carbocycles. The number of alkyl halides is 2. The van der Waals surface area contributed by atoms with E-state index in [1.807, 2.05) is 0 Å². The van der Waals surface area contributed by atoms with Crippen LogP contribution in [0.25, 0.3) is 0 Å². The van der Waals surface area contributed by atoms with Gasteiger partial charge in [-0.2, -0.15) is 8.78 Å². The van der Waals surface area contributed by atoms with Gasteiger partial charge in [0.2, 0.25) is 0 Å². The highest BCUT2D eigenvalue weighted by molar-refractivity contribution is 5.80. The molecule has 0 aliphatic heterocycles. The van der Waals surface area contributed by atoms with E-state index in [2.05, 4.69) is 4.84 Å². The third-order valence-corrected chi connectivity index (χ3v) is 0.468. The molecule has 1 amide bonds. The van der Waals surface area contributed by atoms with Crippen LogP contribution in [0, 0.1) is 0 Å². The van der Waals surface area contributed by atoms with Gasteiger partial charge < -0.3 is 5.11 Å². The molecule has 2 N–H and O–H groups in total. The van der Waals surface area contributed by atoms with Gasteiger partial charge in [-0.15, -0.1) is 0 Å². The number of nitrogens with one attached hydrogen (secondary N) is 1. The Kier molecular flexibility index (Phi) is 2.47. The largest absolute Gasteiger partial charge is 0.436 e. The van der Waals surface area contributed by atoms with Crippen LogP contribution in [-0.4, -0.2) is 24.2 Å². The number of hydrogen-bond acceptors (Lipinski definition) is 3. The van der Waals surface area contributed by atoms with Crippen LogP contribution >= 0.6 is 0 Å². The molecule has 0 rings (SSSR count). The van der Waals surface area contributed by atoms with Crippen LogP contribution in [-0.2, 0) is 9.63 Å². The third kappa shape index (κ3) is 2.94. The number of carbonyl (C=O) groups is 1. The van der Waals surface area contributed by atoms with Crippen molar-refractivity contribution in [2.45, 2.75) is 6.11 Å². The second-order valence-electron chi connectivity index (χ2n) is 1.18. The second kappa shape index (κ2) is 2.70. The van der Waals surface area contributed by atoms with Crippen molar-refractivity contribution in [2.75, 3.05) is 7.11 Å². The summed E-state index contributed by atoms with van der Waals surface area (Å²) in [6.07, 6.45) is -4.37. The summed E-state index contributed by atoms with van der Waals surface area (Å²) in [5.41, 5.74) is 1.25. The molecule has 0 aromatic rings. The zero-order valence-corrected chi connectivity index (χ0v) is 4.52. The molecule has 6 heteroatoms. The lowest BCUT2D eigenvalue weighted by molar-refractivity contribution is -0.213. The van der Waals surface area contributed by atoms with E-state index in [-0.39, 0.29) is 0 Å². The molecule has 0 spiro atoms. The van der Waals surface area contributed by atoms with E-state index in [0.717, 1.165) is 7.11 Å². The maximum Gasteiger partial charge on any atom is 0.436 e. The van der Waals surface area contributed by atoms with E-state index in [9.17, 15) is 13.6 Å². The molecule has 0 heterocycles. The first-order chi connectivity index (χ1) is 3.98. The van der Waals surface area contributed by atoms with Gasteiger partial charge >= 0.3 is 12.0 Å². The molecule has 0 atom stereocenters. The van der Waals surface area contributed by atoms with Crippen molar-refractivity contribution in [1.82, 2.24) is 5.48 Å².